The van der Waals surface area contributed by atoms with Gasteiger partial charge in [0.15, 0.2) is 0 Å². The lowest BCUT2D eigenvalue weighted by Crippen LogP contribution is -2.21. The molecule has 0 bridgehead atoms. The summed E-state index contributed by atoms with van der Waals surface area (Å²) in [6.07, 6.45) is 1.81. The number of rotatable bonds is 2. The molecule has 2 N–H and O–H groups in total. The topological polar surface area (TPSA) is 32.3 Å². The van der Waals surface area contributed by atoms with Gasteiger partial charge in [0.05, 0.1) is 5.60 Å². The number of fused-ring (bicyclic) bond motifs is 1. The maximum atomic E-state index is 9.76. The highest BCUT2D eigenvalue weighted by Gasteiger charge is 2.19. The third-order valence-corrected chi connectivity index (χ3v) is 2.73. The summed E-state index contributed by atoms with van der Waals surface area (Å²) < 4.78 is 0. The van der Waals surface area contributed by atoms with Crippen LogP contribution < -0.4 is 5.32 Å². The third-order valence-electron chi connectivity index (χ3n) is 2.73. The highest BCUT2D eigenvalue weighted by molar-refractivity contribution is 5.57. The zero-order valence-electron chi connectivity index (χ0n) is 9.67. The van der Waals surface area contributed by atoms with Gasteiger partial charge in [0.1, 0.15) is 0 Å². The molecule has 1 unspecified atom stereocenters. The monoisotopic (exact) mass is 205 g/mol. The van der Waals surface area contributed by atoms with Crippen molar-refractivity contribution in [2.45, 2.75) is 45.3 Å². The molecule has 1 aromatic rings. The van der Waals surface area contributed by atoms with Gasteiger partial charge < -0.3 is 10.4 Å². The molecule has 1 heterocycles. The molecule has 82 valence electrons. The molecule has 2 nitrogen and oxygen atoms in total. The van der Waals surface area contributed by atoms with Gasteiger partial charge in [0.25, 0.3) is 0 Å². The lowest BCUT2D eigenvalue weighted by atomic mass is 9.96. The van der Waals surface area contributed by atoms with Crippen LogP contribution >= 0.6 is 0 Å². The molecule has 0 radical (unpaired) electrons. The van der Waals surface area contributed by atoms with E-state index in [0.717, 1.165) is 6.42 Å². The van der Waals surface area contributed by atoms with Gasteiger partial charge in [0.2, 0.25) is 0 Å². The van der Waals surface area contributed by atoms with Crippen LogP contribution in [0.5, 0.6) is 0 Å². The van der Waals surface area contributed by atoms with Crippen LogP contribution in [0.1, 0.15) is 31.9 Å². The first-order chi connectivity index (χ1) is 6.94. The fourth-order valence-corrected chi connectivity index (χ4v) is 2.21. The van der Waals surface area contributed by atoms with Gasteiger partial charge in [-0.05, 0) is 44.4 Å². The van der Waals surface area contributed by atoms with Gasteiger partial charge in [-0.15, -0.1) is 0 Å². The summed E-state index contributed by atoms with van der Waals surface area (Å²) >= 11 is 0. The molecule has 0 saturated carbocycles. The first kappa shape index (κ1) is 10.5. The number of aliphatic hydroxyl groups is 1. The Balaban J connectivity index is 2.20. The Labute approximate surface area is 91.3 Å². The van der Waals surface area contributed by atoms with Crippen LogP contribution in [0.25, 0.3) is 0 Å². The maximum Gasteiger partial charge on any atom is 0.0631 e. The zero-order valence-corrected chi connectivity index (χ0v) is 9.67. The van der Waals surface area contributed by atoms with Gasteiger partial charge in [-0.25, -0.2) is 0 Å². The van der Waals surface area contributed by atoms with E-state index in [0.29, 0.717) is 12.5 Å². The summed E-state index contributed by atoms with van der Waals surface area (Å²) in [5, 5.41) is 13.2. The summed E-state index contributed by atoms with van der Waals surface area (Å²) in [5.74, 6) is 0. The maximum absolute atomic E-state index is 9.76. The Morgan fingerprint density at radius 3 is 2.87 bits per heavy atom. The molecule has 2 rings (SSSR count). The van der Waals surface area contributed by atoms with Crippen LogP contribution in [0.2, 0.25) is 0 Å². The van der Waals surface area contributed by atoms with Crippen LogP contribution in [0.3, 0.4) is 0 Å². The molecule has 0 saturated heterocycles. The van der Waals surface area contributed by atoms with E-state index in [4.69, 9.17) is 0 Å². The summed E-state index contributed by atoms with van der Waals surface area (Å²) in [6.45, 7) is 5.89. The molecular weight excluding hydrogens is 186 g/mol. The van der Waals surface area contributed by atoms with Crippen LogP contribution in [-0.2, 0) is 12.8 Å². The van der Waals surface area contributed by atoms with Crippen molar-refractivity contribution in [3.63, 3.8) is 0 Å². The Morgan fingerprint density at radius 1 is 1.47 bits per heavy atom. The second kappa shape index (κ2) is 3.53. The molecule has 0 spiro atoms. The summed E-state index contributed by atoms with van der Waals surface area (Å²) in [7, 11) is 0. The third kappa shape index (κ3) is 2.51. The van der Waals surface area contributed by atoms with Crippen molar-refractivity contribution in [2.24, 2.45) is 0 Å². The minimum Gasteiger partial charge on any atom is -0.390 e. The Kier molecular flexibility index (Phi) is 2.47. The Hall–Kier alpha value is -1.02. The van der Waals surface area contributed by atoms with Gasteiger partial charge in [-0.1, -0.05) is 12.1 Å². The number of hydrogen-bond donors (Lipinski definition) is 2. The van der Waals surface area contributed by atoms with Crippen molar-refractivity contribution < 1.29 is 5.11 Å². The van der Waals surface area contributed by atoms with Gasteiger partial charge >= 0.3 is 0 Å². The van der Waals surface area contributed by atoms with Crippen LogP contribution in [0.4, 0.5) is 5.69 Å². The quantitative estimate of drug-likeness (QED) is 0.777. The largest absolute Gasteiger partial charge is 0.390 e. The molecule has 15 heavy (non-hydrogen) atoms. The molecule has 0 amide bonds. The van der Waals surface area contributed by atoms with Crippen molar-refractivity contribution in [2.75, 3.05) is 5.32 Å². The summed E-state index contributed by atoms with van der Waals surface area (Å²) in [5.41, 5.74) is 3.23. The summed E-state index contributed by atoms with van der Waals surface area (Å²) in [4.78, 5) is 0. The Bertz CT molecular complexity index is 365. The molecule has 0 aliphatic carbocycles. The first-order valence-electron chi connectivity index (χ1n) is 5.55. The second-order valence-corrected chi connectivity index (χ2v) is 5.23. The highest BCUT2D eigenvalue weighted by atomic mass is 16.3. The van der Waals surface area contributed by atoms with E-state index in [-0.39, 0.29) is 0 Å². The second-order valence-electron chi connectivity index (χ2n) is 5.23. The molecular formula is C13H19NO. The van der Waals surface area contributed by atoms with Crippen LogP contribution in [0.15, 0.2) is 18.2 Å². The van der Waals surface area contributed by atoms with Crippen molar-refractivity contribution in [3.05, 3.63) is 29.3 Å². The number of hydrogen-bond acceptors (Lipinski definition) is 2. The Morgan fingerprint density at radius 2 is 2.20 bits per heavy atom. The van der Waals surface area contributed by atoms with Crippen molar-refractivity contribution in [1.82, 2.24) is 0 Å². The fourth-order valence-electron chi connectivity index (χ4n) is 2.21. The van der Waals surface area contributed by atoms with Crippen molar-refractivity contribution in [3.8, 4) is 0 Å². The number of benzene rings is 1. The first-order valence-corrected chi connectivity index (χ1v) is 5.55. The molecule has 1 atom stereocenters. The van der Waals surface area contributed by atoms with Gasteiger partial charge in [0, 0.05) is 18.2 Å². The number of nitrogens with one attached hydrogen (secondary N) is 1. The van der Waals surface area contributed by atoms with E-state index in [1.165, 1.54) is 16.8 Å². The molecule has 1 aliphatic heterocycles. The lowest BCUT2D eigenvalue weighted by molar-refractivity contribution is 0.0810. The van der Waals surface area contributed by atoms with Crippen LogP contribution in [-0.4, -0.2) is 16.7 Å². The minimum absolute atomic E-state index is 0.539. The van der Waals surface area contributed by atoms with Gasteiger partial charge in [-0.3, -0.25) is 0 Å². The fraction of sp³-hybridized carbons (Fsp3) is 0.538. The average molecular weight is 205 g/mol. The summed E-state index contributed by atoms with van der Waals surface area (Å²) in [6, 6.07) is 6.98. The van der Waals surface area contributed by atoms with E-state index in [9.17, 15) is 5.11 Å². The van der Waals surface area contributed by atoms with Gasteiger partial charge in [-0.2, -0.15) is 0 Å². The SMILES string of the molecule is CC1Cc2cc(CC(C)(C)O)ccc2N1. The van der Waals surface area contributed by atoms with Crippen LogP contribution in [0, 0.1) is 0 Å². The molecule has 2 heteroatoms. The molecule has 0 fully saturated rings. The predicted octanol–water partition coefficient (Wildman–Crippen LogP) is 2.36. The molecule has 0 aromatic heterocycles. The number of anilines is 1. The van der Waals surface area contributed by atoms with Crippen molar-refractivity contribution >= 4 is 5.69 Å². The molecule has 1 aromatic carbocycles. The van der Waals surface area contributed by atoms with Crippen molar-refractivity contribution in [1.29, 1.82) is 0 Å². The standard InChI is InChI=1S/C13H19NO/c1-9-6-11-7-10(8-13(2,3)15)4-5-12(11)14-9/h4-5,7,9,14-15H,6,8H2,1-3H3. The predicted molar refractivity (Wildman–Crippen MR) is 63.2 cm³/mol. The molecule has 1 aliphatic rings. The highest BCUT2D eigenvalue weighted by Crippen LogP contribution is 2.27. The van der Waals surface area contributed by atoms with E-state index < -0.39 is 5.60 Å². The minimum atomic E-state index is -0.619. The van der Waals surface area contributed by atoms with E-state index in [1.54, 1.807) is 0 Å². The van der Waals surface area contributed by atoms with E-state index >= 15 is 0 Å². The van der Waals surface area contributed by atoms with E-state index in [2.05, 4.69) is 30.4 Å². The zero-order chi connectivity index (χ0) is 11.1. The lowest BCUT2D eigenvalue weighted by Gasteiger charge is -2.17. The smallest absolute Gasteiger partial charge is 0.0631 e. The normalized spacial score (nSPS) is 19.9. The van der Waals surface area contributed by atoms with E-state index in [1.807, 2.05) is 13.8 Å². The average Bonchev–Trinajstić information content (AvgIpc) is 2.40.